The number of para-hydroxylation sites is 1. The number of aromatic nitrogens is 3. The molecule has 0 aliphatic carbocycles. The average molecular weight is 283 g/mol. The molecule has 1 N–H and O–H groups in total. The highest BCUT2D eigenvalue weighted by Gasteiger charge is 2.13. The molecule has 0 fully saturated rings. The van der Waals surface area contributed by atoms with Crippen LogP contribution in [-0.4, -0.2) is 14.5 Å². The lowest BCUT2D eigenvalue weighted by molar-refractivity contribution is 0.846. The normalized spacial score (nSPS) is 11.4. The third kappa shape index (κ3) is 1.96. The maximum Gasteiger partial charge on any atom is 0.184 e. The van der Waals surface area contributed by atoms with Crippen LogP contribution < -0.4 is 0 Å². The Morgan fingerprint density at radius 2 is 1.95 bits per heavy atom. The number of fused-ring (bicyclic) bond motifs is 1. The molecule has 0 aliphatic heterocycles. The molecule has 0 saturated heterocycles. The number of pyridine rings is 1. The van der Waals surface area contributed by atoms with Gasteiger partial charge in [-0.1, -0.05) is 32.0 Å². The van der Waals surface area contributed by atoms with Crippen molar-refractivity contribution in [2.45, 2.75) is 26.7 Å². The van der Waals surface area contributed by atoms with Gasteiger partial charge in [-0.25, -0.2) is 4.98 Å². The summed E-state index contributed by atoms with van der Waals surface area (Å²) in [6, 6.07) is 10.3. The van der Waals surface area contributed by atoms with E-state index in [0.29, 0.717) is 10.7 Å². The van der Waals surface area contributed by atoms with E-state index in [1.807, 2.05) is 22.9 Å². The first-order chi connectivity index (χ1) is 9.59. The average Bonchev–Trinajstić information content (AvgIpc) is 2.76. The van der Waals surface area contributed by atoms with E-state index in [4.69, 9.17) is 12.2 Å². The van der Waals surface area contributed by atoms with E-state index < -0.39 is 0 Å². The summed E-state index contributed by atoms with van der Waals surface area (Å²) in [6.45, 7) is 6.44. The highest BCUT2D eigenvalue weighted by atomic mass is 32.1. The smallest absolute Gasteiger partial charge is 0.184 e. The number of imidazole rings is 1. The molecular weight excluding hydrogens is 266 g/mol. The summed E-state index contributed by atoms with van der Waals surface area (Å²) >= 11 is 5.51. The van der Waals surface area contributed by atoms with Crippen LogP contribution in [0.1, 0.15) is 30.9 Å². The summed E-state index contributed by atoms with van der Waals surface area (Å²) in [7, 11) is 0. The molecule has 20 heavy (non-hydrogen) atoms. The predicted octanol–water partition coefficient (Wildman–Crippen LogP) is 4.51. The van der Waals surface area contributed by atoms with Crippen LogP contribution in [0.3, 0.4) is 0 Å². The van der Waals surface area contributed by atoms with Crippen molar-refractivity contribution in [2.75, 3.05) is 0 Å². The van der Waals surface area contributed by atoms with Crippen molar-refractivity contribution < 1.29 is 0 Å². The molecule has 0 saturated carbocycles. The van der Waals surface area contributed by atoms with Crippen molar-refractivity contribution in [3.05, 3.63) is 52.4 Å². The maximum atomic E-state index is 5.51. The number of hydrogen-bond donors (Lipinski definition) is 1. The summed E-state index contributed by atoms with van der Waals surface area (Å²) in [5.41, 5.74) is 5.44. The first-order valence-electron chi connectivity index (χ1n) is 6.75. The maximum absolute atomic E-state index is 5.51. The highest BCUT2D eigenvalue weighted by Crippen LogP contribution is 2.26. The van der Waals surface area contributed by atoms with Gasteiger partial charge in [-0.3, -0.25) is 4.57 Å². The lowest BCUT2D eigenvalue weighted by Crippen LogP contribution is -2.02. The quantitative estimate of drug-likeness (QED) is 0.702. The topological polar surface area (TPSA) is 33.6 Å². The Morgan fingerprint density at radius 1 is 1.20 bits per heavy atom. The second-order valence-corrected chi connectivity index (χ2v) is 5.69. The minimum atomic E-state index is 0.433. The zero-order valence-corrected chi connectivity index (χ0v) is 12.7. The monoisotopic (exact) mass is 283 g/mol. The molecule has 3 aromatic rings. The molecule has 4 heteroatoms. The Morgan fingerprint density at radius 3 is 2.70 bits per heavy atom. The van der Waals surface area contributed by atoms with E-state index in [1.54, 1.807) is 0 Å². The molecule has 0 bridgehead atoms. The van der Waals surface area contributed by atoms with Gasteiger partial charge in [0.1, 0.15) is 0 Å². The van der Waals surface area contributed by atoms with Gasteiger partial charge in [0, 0.05) is 6.20 Å². The van der Waals surface area contributed by atoms with Gasteiger partial charge >= 0.3 is 0 Å². The molecule has 2 heterocycles. The van der Waals surface area contributed by atoms with E-state index in [9.17, 15) is 0 Å². The Hall–Kier alpha value is -1.94. The zero-order valence-electron chi connectivity index (χ0n) is 11.8. The van der Waals surface area contributed by atoms with Gasteiger partial charge in [0.05, 0.1) is 11.2 Å². The number of nitrogens with zero attached hydrogens (tertiary/aromatic N) is 2. The van der Waals surface area contributed by atoms with E-state index in [0.717, 1.165) is 22.4 Å². The van der Waals surface area contributed by atoms with Crippen LogP contribution in [-0.2, 0) is 0 Å². The highest BCUT2D eigenvalue weighted by molar-refractivity contribution is 7.71. The lowest BCUT2D eigenvalue weighted by atomic mass is 10.0. The van der Waals surface area contributed by atoms with Crippen LogP contribution in [0.5, 0.6) is 0 Å². The SMILES string of the molecule is Cc1ccnc2c1[nH]c(=S)n2-c1ccccc1C(C)C. The number of H-pyrrole nitrogens is 1. The number of benzene rings is 1. The van der Waals surface area contributed by atoms with Crippen molar-refractivity contribution in [1.82, 2.24) is 14.5 Å². The van der Waals surface area contributed by atoms with Gasteiger partial charge in [0.25, 0.3) is 0 Å². The molecule has 0 aliphatic rings. The Kier molecular flexibility index (Phi) is 3.18. The van der Waals surface area contributed by atoms with Crippen LogP contribution in [0.15, 0.2) is 36.5 Å². The van der Waals surface area contributed by atoms with Crippen LogP contribution in [0.25, 0.3) is 16.9 Å². The number of nitrogens with one attached hydrogen (secondary N) is 1. The first kappa shape index (κ1) is 13.1. The van der Waals surface area contributed by atoms with Crippen LogP contribution in [0, 0.1) is 11.7 Å². The number of hydrogen-bond acceptors (Lipinski definition) is 2. The van der Waals surface area contributed by atoms with Crippen molar-refractivity contribution in [3.63, 3.8) is 0 Å². The molecule has 102 valence electrons. The molecule has 0 atom stereocenters. The van der Waals surface area contributed by atoms with Crippen molar-refractivity contribution in [2.24, 2.45) is 0 Å². The molecule has 0 spiro atoms. The van der Waals surface area contributed by atoms with Crippen LogP contribution in [0.2, 0.25) is 0 Å². The summed E-state index contributed by atoms with van der Waals surface area (Å²) in [4.78, 5) is 7.78. The van der Waals surface area contributed by atoms with Gasteiger partial charge < -0.3 is 4.98 Å². The number of aromatic amines is 1. The predicted molar refractivity (Wildman–Crippen MR) is 85.1 cm³/mol. The summed E-state index contributed by atoms with van der Waals surface area (Å²) < 4.78 is 2.72. The van der Waals surface area contributed by atoms with Crippen molar-refractivity contribution in [1.29, 1.82) is 0 Å². The molecule has 0 unspecified atom stereocenters. The van der Waals surface area contributed by atoms with Gasteiger partial charge in [0.15, 0.2) is 10.4 Å². The molecule has 0 radical (unpaired) electrons. The second-order valence-electron chi connectivity index (χ2n) is 5.31. The fraction of sp³-hybridized carbons (Fsp3) is 0.250. The molecule has 3 nitrogen and oxygen atoms in total. The van der Waals surface area contributed by atoms with Gasteiger partial charge in [-0.2, -0.15) is 0 Å². The van der Waals surface area contributed by atoms with Crippen molar-refractivity contribution >= 4 is 23.4 Å². The van der Waals surface area contributed by atoms with Crippen molar-refractivity contribution in [3.8, 4) is 5.69 Å². The molecule has 1 aromatic carbocycles. The Bertz CT molecular complexity index is 827. The molecule has 2 aromatic heterocycles. The fourth-order valence-corrected chi connectivity index (χ4v) is 2.82. The number of aryl methyl sites for hydroxylation is 1. The van der Waals surface area contributed by atoms with E-state index in [2.05, 4.69) is 48.9 Å². The molecule has 3 rings (SSSR count). The minimum Gasteiger partial charge on any atom is -0.329 e. The second kappa shape index (κ2) is 4.87. The van der Waals surface area contributed by atoms with E-state index in [1.165, 1.54) is 5.56 Å². The lowest BCUT2D eigenvalue weighted by Gasteiger charge is -2.13. The summed E-state index contributed by atoms with van der Waals surface area (Å²) in [5.74, 6) is 0.433. The largest absolute Gasteiger partial charge is 0.329 e. The van der Waals surface area contributed by atoms with Gasteiger partial charge in [0.2, 0.25) is 0 Å². The Balaban J connectivity index is 2.39. The number of rotatable bonds is 2. The molecule has 0 amide bonds. The van der Waals surface area contributed by atoms with Gasteiger partial charge in [-0.15, -0.1) is 0 Å². The summed E-state index contributed by atoms with van der Waals surface area (Å²) in [5, 5.41) is 0. The minimum absolute atomic E-state index is 0.433. The molecular formula is C16H17N3S. The Labute approximate surface area is 123 Å². The fourth-order valence-electron chi connectivity index (χ4n) is 2.53. The standard InChI is InChI=1S/C16H17N3S/c1-10(2)12-6-4-5-7-13(12)19-15-14(18-16(19)20)11(3)8-9-17-15/h4-10H,1-3H3,(H,18,20). The van der Waals surface area contributed by atoms with E-state index in [-0.39, 0.29) is 0 Å². The van der Waals surface area contributed by atoms with Crippen LogP contribution >= 0.6 is 12.2 Å². The first-order valence-corrected chi connectivity index (χ1v) is 7.16. The summed E-state index contributed by atoms with van der Waals surface area (Å²) in [6.07, 6.45) is 1.83. The zero-order chi connectivity index (χ0) is 14.3. The van der Waals surface area contributed by atoms with Crippen LogP contribution in [0.4, 0.5) is 0 Å². The van der Waals surface area contributed by atoms with Gasteiger partial charge in [-0.05, 0) is 48.3 Å². The third-order valence-corrected chi connectivity index (χ3v) is 3.87. The van der Waals surface area contributed by atoms with E-state index >= 15 is 0 Å². The third-order valence-electron chi connectivity index (χ3n) is 3.59.